The number of benzene rings is 1. The number of rotatable bonds is 3. The second-order valence-corrected chi connectivity index (χ2v) is 5.64. The molecule has 0 N–H and O–H groups in total. The third kappa shape index (κ3) is 2.44. The highest BCUT2D eigenvalue weighted by Crippen LogP contribution is 2.46. The van der Waals surface area contributed by atoms with Gasteiger partial charge in [0.05, 0.1) is 11.8 Å². The molecule has 1 heterocycles. The molecule has 1 aromatic carbocycles. The van der Waals surface area contributed by atoms with Gasteiger partial charge in [0.2, 0.25) is 0 Å². The maximum atomic E-state index is 12.8. The highest BCUT2D eigenvalue weighted by atomic mass is 32.2. The van der Waals surface area contributed by atoms with Crippen LogP contribution in [0.2, 0.25) is 0 Å². The fourth-order valence-corrected chi connectivity index (χ4v) is 2.82. The average molecular weight is 299 g/mol. The average Bonchev–Trinajstić information content (AvgIpc) is 3.14. The minimum atomic E-state index is -4.32. The Morgan fingerprint density at radius 2 is 2.00 bits per heavy atom. The lowest BCUT2D eigenvalue weighted by atomic mass is 10.0. The van der Waals surface area contributed by atoms with E-state index in [1.54, 1.807) is 12.5 Å². The van der Waals surface area contributed by atoms with Crippen LogP contribution in [0.1, 0.15) is 30.1 Å². The van der Waals surface area contributed by atoms with Gasteiger partial charge in [-0.25, -0.2) is 0 Å². The highest BCUT2D eigenvalue weighted by Gasteiger charge is 2.33. The van der Waals surface area contributed by atoms with E-state index >= 15 is 0 Å². The van der Waals surface area contributed by atoms with Crippen molar-refractivity contribution < 1.29 is 17.7 Å². The van der Waals surface area contributed by atoms with E-state index in [1.807, 2.05) is 0 Å². The van der Waals surface area contributed by atoms with Crippen molar-refractivity contribution in [2.24, 2.45) is 0 Å². The van der Waals surface area contributed by atoms with Crippen LogP contribution in [0.5, 0.6) is 0 Å². The Kier molecular flexibility index (Phi) is 3.28. The number of hydrogen-bond donors (Lipinski definition) is 0. The predicted molar refractivity (Wildman–Crippen MR) is 70.7 cm³/mol. The van der Waals surface area contributed by atoms with Crippen LogP contribution in [0.25, 0.3) is 11.1 Å². The molecule has 0 saturated heterocycles. The Morgan fingerprint density at radius 1 is 1.25 bits per heavy atom. The number of nitrogens with zero attached hydrogens (tertiary/aromatic N) is 1. The van der Waals surface area contributed by atoms with Crippen molar-refractivity contribution in [3.8, 4) is 11.1 Å². The summed E-state index contributed by atoms with van der Waals surface area (Å²) in [6.07, 6.45) is 1.14. The van der Waals surface area contributed by atoms with E-state index in [1.165, 1.54) is 23.9 Å². The van der Waals surface area contributed by atoms with E-state index in [0.29, 0.717) is 10.8 Å². The third-order valence-corrected chi connectivity index (χ3v) is 4.14. The lowest BCUT2D eigenvalue weighted by Gasteiger charge is -2.11. The summed E-state index contributed by atoms with van der Waals surface area (Å²) in [5, 5.41) is 3.80. The molecule has 6 heteroatoms. The Labute approximate surface area is 118 Å². The molecule has 106 valence electrons. The first-order valence-corrected chi connectivity index (χ1v) is 7.43. The van der Waals surface area contributed by atoms with E-state index in [9.17, 15) is 13.2 Å². The van der Waals surface area contributed by atoms with Crippen LogP contribution >= 0.6 is 11.8 Å². The van der Waals surface area contributed by atoms with Crippen LogP contribution in [0, 0.1) is 0 Å². The fraction of sp³-hybridized carbons (Fsp3) is 0.357. The molecular formula is C14H12F3NOS. The summed E-state index contributed by atoms with van der Waals surface area (Å²) in [6.45, 7) is 0. The second-order valence-electron chi connectivity index (χ2n) is 4.79. The van der Waals surface area contributed by atoms with Crippen molar-refractivity contribution in [3.05, 3.63) is 35.7 Å². The summed E-state index contributed by atoms with van der Waals surface area (Å²) >= 11 is 1.30. The van der Waals surface area contributed by atoms with E-state index in [-0.39, 0.29) is 0 Å². The van der Waals surface area contributed by atoms with Crippen molar-refractivity contribution >= 4 is 11.8 Å². The molecule has 3 rings (SSSR count). The molecule has 20 heavy (non-hydrogen) atoms. The summed E-state index contributed by atoms with van der Waals surface area (Å²) < 4.78 is 43.5. The first kappa shape index (κ1) is 13.5. The van der Waals surface area contributed by atoms with Crippen LogP contribution in [0.3, 0.4) is 0 Å². The first-order chi connectivity index (χ1) is 9.50. The number of aromatic nitrogens is 1. The van der Waals surface area contributed by atoms with Crippen molar-refractivity contribution in [3.63, 3.8) is 0 Å². The smallest absolute Gasteiger partial charge is 0.360 e. The number of alkyl halides is 3. The minimum Gasteiger partial charge on any atom is -0.360 e. The zero-order chi connectivity index (χ0) is 14.3. The largest absolute Gasteiger partial charge is 0.416 e. The van der Waals surface area contributed by atoms with Gasteiger partial charge in [0, 0.05) is 21.9 Å². The zero-order valence-electron chi connectivity index (χ0n) is 10.7. The van der Waals surface area contributed by atoms with E-state index < -0.39 is 11.7 Å². The molecule has 0 unspecified atom stereocenters. The minimum absolute atomic E-state index is 0.365. The van der Waals surface area contributed by atoms with Gasteiger partial charge in [0.1, 0.15) is 5.76 Å². The zero-order valence-corrected chi connectivity index (χ0v) is 11.5. The molecule has 1 fully saturated rings. The van der Waals surface area contributed by atoms with E-state index in [0.717, 1.165) is 35.8 Å². The molecule has 0 radical (unpaired) electrons. The SMILES string of the molecule is CSc1cc(C(F)(F)F)ccc1-c1cnoc1C1CC1. The molecule has 2 nitrogen and oxygen atoms in total. The van der Waals surface area contributed by atoms with Crippen LogP contribution < -0.4 is 0 Å². The van der Waals surface area contributed by atoms with Crippen LogP contribution in [-0.2, 0) is 6.18 Å². The predicted octanol–water partition coefficient (Wildman–Crippen LogP) is 4.96. The number of halogens is 3. The lowest BCUT2D eigenvalue weighted by Crippen LogP contribution is -2.05. The Hall–Kier alpha value is -1.43. The molecule has 0 aliphatic heterocycles. The lowest BCUT2D eigenvalue weighted by molar-refractivity contribution is -0.137. The van der Waals surface area contributed by atoms with E-state index in [2.05, 4.69) is 5.16 Å². The molecule has 0 atom stereocenters. The van der Waals surface area contributed by atoms with Gasteiger partial charge in [-0.05, 0) is 31.2 Å². The summed E-state index contributed by atoms with van der Waals surface area (Å²) in [5.74, 6) is 1.16. The molecule has 1 aliphatic rings. The summed E-state index contributed by atoms with van der Waals surface area (Å²) in [7, 11) is 0. The second kappa shape index (κ2) is 4.84. The molecule has 0 amide bonds. The fourth-order valence-electron chi connectivity index (χ4n) is 2.18. The van der Waals surface area contributed by atoms with Gasteiger partial charge in [-0.2, -0.15) is 13.2 Å². The maximum Gasteiger partial charge on any atom is 0.416 e. The normalized spacial score (nSPS) is 15.6. The van der Waals surface area contributed by atoms with Gasteiger partial charge in [0.25, 0.3) is 0 Å². The third-order valence-electron chi connectivity index (χ3n) is 3.37. The molecule has 0 spiro atoms. The van der Waals surface area contributed by atoms with Crippen LogP contribution in [-0.4, -0.2) is 11.4 Å². The van der Waals surface area contributed by atoms with Crippen molar-refractivity contribution in [2.75, 3.05) is 6.26 Å². The van der Waals surface area contributed by atoms with E-state index in [4.69, 9.17) is 4.52 Å². The number of hydrogen-bond acceptors (Lipinski definition) is 3. The quantitative estimate of drug-likeness (QED) is 0.749. The van der Waals surface area contributed by atoms with Crippen LogP contribution in [0.4, 0.5) is 13.2 Å². The van der Waals surface area contributed by atoms with Gasteiger partial charge < -0.3 is 4.52 Å². The number of thioether (sulfide) groups is 1. The van der Waals surface area contributed by atoms with Gasteiger partial charge >= 0.3 is 6.18 Å². The summed E-state index contributed by atoms with van der Waals surface area (Å²) in [6, 6.07) is 3.80. The molecule has 1 aliphatic carbocycles. The molecular weight excluding hydrogens is 287 g/mol. The highest BCUT2D eigenvalue weighted by molar-refractivity contribution is 7.98. The maximum absolute atomic E-state index is 12.8. The van der Waals surface area contributed by atoms with Gasteiger partial charge in [0.15, 0.2) is 0 Å². The summed E-state index contributed by atoms with van der Waals surface area (Å²) in [4.78, 5) is 0.588. The Bertz CT molecular complexity index is 632. The Balaban J connectivity index is 2.07. The molecule has 1 saturated carbocycles. The van der Waals surface area contributed by atoms with Crippen molar-refractivity contribution in [2.45, 2.75) is 29.8 Å². The Morgan fingerprint density at radius 3 is 2.60 bits per heavy atom. The van der Waals surface area contributed by atoms with Gasteiger partial charge in [-0.3, -0.25) is 0 Å². The van der Waals surface area contributed by atoms with Gasteiger partial charge in [-0.15, -0.1) is 11.8 Å². The molecule has 0 bridgehead atoms. The summed E-state index contributed by atoms with van der Waals surface area (Å²) in [5.41, 5.74) is 0.939. The first-order valence-electron chi connectivity index (χ1n) is 6.21. The van der Waals surface area contributed by atoms with Gasteiger partial charge in [-0.1, -0.05) is 11.2 Å². The van der Waals surface area contributed by atoms with Crippen molar-refractivity contribution in [1.82, 2.24) is 5.16 Å². The van der Waals surface area contributed by atoms with Crippen molar-refractivity contribution in [1.29, 1.82) is 0 Å². The van der Waals surface area contributed by atoms with Crippen LogP contribution in [0.15, 0.2) is 33.8 Å². The molecule has 2 aromatic rings. The molecule has 1 aromatic heterocycles. The standard InChI is InChI=1S/C14H12F3NOS/c1-20-12-6-9(14(15,16)17)4-5-10(12)11-7-18-19-13(11)8-2-3-8/h4-8H,2-3H2,1H3. The monoisotopic (exact) mass is 299 g/mol. The topological polar surface area (TPSA) is 26.0 Å².